The van der Waals surface area contributed by atoms with Crippen LogP contribution in [-0.4, -0.2) is 45.4 Å². The molecule has 2 saturated heterocycles. The van der Waals surface area contributed by atoms with Crippen LogP contribution >= 0.6 is 0 Å². The minimum atomic E-state index is -0.0396. The minimum Gasteiger partial charge on any atom is -0.347 e. The number of nitriles is 1. The van der Waals surface area contributed by atoms with Crippen LogP contribution in [0.25, 0.3) is 0 Å². The molecule has 1 aliphatic carbocycles. The molecule has 152 valence electrons. The van der Waals surface area contributed by atoms with Gasteiger partial charge < -0.3 is 15.1 Å². The van der Waals surface area contributed by atoms with Crippen LogP contribution in [0.2, 0.25) is 0 Å². The van der Waals surface area contributed by atoms with E-state index in [0.717, 1.165) is 49.4 Å². The molecule has 2 aromatic rings. The number of hydrogen-bond donors (Lipinski definition) is 1. The van der Waals surface area contributed by atoms with Crippen molar-refractivity contribution in [3.63, 3.8) is 0 Å². The topological polar surface area (TPSA) is 85.2 Å². The average Bonchev–Trinajstić information content (AvgIpc) is 3.31. The van der Waals surface area contributed by atoms with Gasteiger partial charge in [-0.1, -0.05) is 0 Å². The molecule has 6 rings (SSSR count). The van der Waals surface area contributed by atoms with Gasteiger partial charge >= 0.3 is 0 Å². The number of anilines is 2. The summed E-state index contributed by atoms with van der Waals surface area (Å²) in [6.45, 7) is 0.854. The van der Waals surface area contributed by atoms with Crippen LogP contribution in [0, 0.1) is 11.5 Å². The van der Waals surface area contributed by atoms with E-state index in [-0.39, 0.29) is 18.0 Å². The highest BCUT2D eigenvalue weighted by Gasteiger charge is 2.46. The van der Waals surface area contributed by atoms with Crippen LogP contribution in [0.3, 0.4) is 0 Å². The van der Waals surface area contributed by atoms with Crippen molar-refractivity contribution in [2.24, 2.45) is 0 Å². The summed E-state index contributed by atoms with van der Waals surface area (Å²) in [5.41, 5.74) is 4.08. The molecule has 1 N–H and O–H groups in total. The Morgan fingerprint density at radius 3 is 2.90 bits per heavy atom. The van der Waals surface area contributed by atoms with Crippen molar-refractivity contribution in [2.75, 3.05) is 11.4 Å². The van der Waals surface area contributed by atoms with Gasteiger partial charge in [-0.3, -0.25) is 9.78 Å². The molecule has 3 unspecified atom stereocenters. The number of hydrogen-bond acceptors (Lipinski definition) is 6. The van der Waals surface area contributed by atoms with E-state index < -0.39 is 0 Å². The molecule has 3 aliphatic heterocycles. The van der Waals surface area contributed by atoms with E-state index in [0.29, 0.717) is 17.5 Å². The summed E-state index contributed by atoms with van der Waals surface area (Å²) in [4.78, 5) is 26.2. The Kier molecular flexibility index (Phi) is 3.95. The minimum absolute atomic E-state index is 0.0396. The Labute approximate surface area is 175 Å². The van der Waals surface area contributed by atoms with Gasteiger partial charge in [-0.05, 0) is 62.3 Å². The Bertz CT molecular complexity index is 1060. The Balaban J connectivity index is 1.19. The number of nitrogens with one attached hydrogen (secondary N) is 1. The third kappa shape index (κ3) is 2.82. The van der Waals surface area contributed by atoms with Crippen LogP contribution in [0.4, 0.5) is 11.5 Å². The fraction of sp³-hybridized carbons (Fsp3) is 0.478. The van der Waals surface area contributed by atoms with Crippen molar-refractivity contribution in [1.82, 2.24) is 20.2 Å². The van der Waals surface area contributed by atoms with Crippen molar-refractivity contribution in [3.8, 4) is 6.19 Å². The zero-order valence-corrected chi connectivity index (χ0v) is 16.8. The summed E-state index contributed by atoms with van der Waals surface area (Å²) in [5, 5.41) is 12.5. The standard InChI is InChI=1S/C23H24N6O/c24-13-29-17-4-6-21(29)18(10-17)27-23(30)16-3-5-20-15(9-16)7-8-28(20)22-12-25-11-19(26-22)14-1-2-14/h3,5,9,11-12,14,17-18,21H,1-2,4,6-8,10H2,(H,27,30). The van der Waals surface area contributed by atoms with Crippen LogP contribution in [0.1, 0.15) is 59.6 Å². The highest BCUT2D eigenvalue weighted by atomic mass is 16.1. The smallest absolute Gasteiger partial charge is 0.251 e. The molecule has 4 aliphatic rings. The fourth-order valence-corrected chi connectivity index (χ4v) is 5.41. The first-order valence-electron chi connectivity index (χ1n) is 10.9. The van der Waals surface area contributed by atoms with E-state index in [1.165, 1.54) is 18.4 Å². The van der Waals surface area contributed by atoms with Crippen molar-refractivity contribution >= 4 is 17.4 Å². The zero-order chi connectivity index (χ0) is 20.2. The van der Waals surface area contributed by atoms with Gasteiger partial charge in [-0.2, -0.15) is 5.26 Å². The highest BCUT2D eigenvalue weighted by molar-refractivity contribution is 5.95. The third-order valence-corrected chi connectivity index (χ3v) is 7.12. The SMILES string of the molecule is N#CN1C2CCC1C(NC(=O)c1ccc3c(c1)CCN3c1cncc(C3CC3)n1)C2. The van der Waals surface area contributed by atoms with Crippen molar-refractivity contribution < 1.29 is 4.79 Å². The summed E-state index contributed by atoms with van der Waals surface area (Å²) in [7, 11) is 0. The maximum absolute atomic E-state index is 12.9. The molecule has 3 atom stereocenters. The largest absolute Gasteiger partial charge is 0.347 e. The Morgan fingerprint density at radius 1 is 1.20 bits per heavy atom. The molecule has 0 radical (unpaired) electrons. The molecule has 0 spiro atoms. The van der Waals surface area contributed by atoms with Crippen LogP contribution in [-0.2, 0) is 6.42 Å². The second kappa shape index (κ2) is 6.69. The predicted octanol–water partition coefficient (Wildman–Crippen LogP) is 2.86. The van der Waals surface area contributed by atoms with Gasteiger partial charge in [0.2, 0.25) is 0 Å². The van der Waals surface area contributed by atoms with Gasteiger partial charge in [-0.25, -0.2) is 4.98 Å². The molecule has 3 fully saturated rings. The lowest BCUT2D eigenvalue weighted by atomic mass is 9.95. The monoisotopic (exact) mass is 400 g/mol. The lowest BCUT2D eigenvalue weighted by Crippen LogP contribution is -2.43. The van der Waals surface area contributed by atoms with Crippen molar-refractivity contribution in [2.45, 2.75) is 62.6 Å². The van der Waals surface area contributed by atoms with Crippen LogP contribution < -0.4 is 10.2 Å². The molecule has 1 aromatic carbocycles. The number of fused-ring (bicyclic) bond motifs is 3. The summed E-state index contributed by atoms with van der Waals surface area (Å²) in [5.74, 6) is 1.43. The quantitative estimate of drug-likeness (QED) is 0.795. The van der Waals surface area contributed by atoms with E-state index in [1.807, 2.05) is 35.5 Å². The molecule has 4 heterocycles. The fourth-order valence-electron chi connectivity index (χ4n) is 5.41. The first kappa shape index (κ1) is 17.7. The van der Waals surface area contributed by atoms with Gasteiger partial charge in [0, 0.05) is 36.0 Å². The molecule has 2 bridgehead atoms. The number of carbonyl (C=O) groups excluding carboxylic acids is 1. The second-order valence-electron chi connectivity index (χ2n) is 8.94. The number of rotatable bonds is 4. The molecule has 1 aromatic heterocycles. The molecular formula is C23H24N6O. The third-order valence-electron chi connectivity index (χ3n) is 7.12. The number of amides is 1. The lowest BCUT2D eigenvalue weighted by molar-refractivity contribution is 0.0928. The molecule has 1 amide bonds. The molecule has 7 nitrogen and oxygen atoms in total. The maximum Gasteiger partial charge on any atom is 0.251 e. The Hall–Kier alpha value is -3.14. The predicted molar refractivity (Wildman–Crippen MR) is 111 cm³/mol. The lowest BCUT2D eigenvalue weighted by Gasteiger charge is -2.22. The number of benzene rings is 1. The molecule has 1 saturated carbocycles. The summed E-state index contributed by atoms with van der Waals surface area (Å²) in [6.07, 6.45) is 12.3. The van der Waals surface area contributed by atoms with Crippen LogP contribution in [0.5, 0.6) is 0 Å². The first-order chi connectivity index (χ1) is 14.7. The van der Waals surface area contributed by atoms with Gasteiger partial charge in [0.25, 0.3) is 5.91 Å². The van der Waals surface area contributed by atoms with E-state index in [1.54, 1.807) is 0 Å². The van der Waals surface area contributed by atoms with Crippen molar-refractivity contribution in [3.05, 3.63) is 47.4 Å². The van der Waals surface area contributed by atoms with E-state index in [9.17, 15) is 10.1 Å². The second-order valence-corrected chi connectivity index (χ2v) is 8.94. The average molecular weight is 400 g/mol. The van der Waals surface area contributed by atoms with Crippen molar-refractivity contribution in [1.29, 1.82) is 5.26 Å². The van der Waals surface area contributed by atoms with Crippen LogP contribution in [0.15, 0.2) is 30.6 Å². The van der Waals surface area contributed by atoms with E-state index in [4.69, 9.17) is 4.98 Å². The molecular weight excluding hydrogens is 376 g/mol. The number of aromatic nitrogens is 2. The Morgan fingerprint density at radius 2 is 2.10 bits per heavy atom. The van der Waals surface area contributed by atoms with Gasteiger partial charge in [-0.15, -0.1) is 0 Å². The van der Waals surface area contributed by atoms with Gasteiger partial charge in [0.05, 0.1) is 24.0 Å². The maximum atomic E-state index is 12.9. The molecule has 30 heavy (non-hydrogen) atoms. The zero-order valence-electron chi connectivity index (χ0n) is 16.8. The summed E-state index contributed by atoms with van der Waals surface area (Å²) in [6, 6.07) is 6.47. The van der Waals surface area contributed by atoms with E-state index in [2.05, 4.69) is 21.4 Å². The van der Waals surface area contributed by atoms with E-state index >= 15 is 0 Å². The number of carbonyl (C=O) groups is 1. The summed E-state index contributed by atoms with van der Waals surface area (Å²) < 4.78 is 0. The van der Waals surface area contributed by atoms with Gasteiger partial charge in [0.1, 0.15) is 0 Å². The highest BCUT2D eigenvalue weighted by Crippen LogP contribution is 2.41. The first-order valence-corrected chi connectivity index (χ1v) is 10.9. The summed E-state index contributed by atoms with van der Waals surface area (Å²) >= 11 is 0. The normalized spacial score (nSPS) is 26.6. The van der Waals surface area contributed by atoms with Gasteiger partial charge in [0.15, 0.2) is 12.0 Å². The number of nitrogens with zero attached hydrogens (tertiary/aromatic N) is 5. The molecule has 7 heteroatoms.